The zero-order valence-electron chi connectivity index (χ0n) is 11.5. The Kier molecular flexibility index (Phi) is 4.14. The Morgan fingerprint density at radius 1 is 1.40 bits per heavy atom. The molecule has 0 radical (unpaired) electrons. The first-order valence-corrected chi connectivity index (χ1v) is 6.31. The van der Waals surface area contributed by atoms with Gasteiger partial charge >= 0.3 is 0 Å². The van der Waals surface area contributed by atoms with Gasteiger partial charge in [0.15, 0.2) is 5.69 Å². The molecule has 2 N–H and O–H groups in total. The highest BCUT2D eigenvalue weighted by Crippen LogP contribution is 2.10. The Morgan fingerprint density at radius 3 is 2.65 bits per heavy atom. The maximum atomic E-state index is 12.9. The molecule has 0 aliphatic carbocycles. The summed E-state index contributed by atoms with van der Waals surface area (Å²) in [5.41, 5.74) is 6.57. The lowest BCUT2D eigenvalue weighted by Crippen LogP contribution is -2.39. The summed E-state index contributed by atoms with van der Waals surface area (Å²) in [6, 6.07) is 7.47. The van der Waals surface area contributed by atoms with Crippen LogP contribution in [0.4, 0.5) is 4.39 Å². The zero-order valence-corrected chi connectivity index (χ0v) is 11.5. The van der Waals surface area contributed by atoms with Crippen molar-refractivity contribution in [2.24, 2.45) is 5.73 Å². The largest absolute Gasteiger partial charge is 0.336 e. The van der Waals surface area contributed by atoms with Crippen molar-refractivity contribution in [3.63, 3.8) is 0 Å². The smallest absolute Gasteiger partial charge is 0.274 e. The number of likely N-dealkylation sites (N-methyl/N-ethyl adjacent to an activating group) is 1. The first kappa shape index (κ1) is 14.2. The summed E-state index contributed by atoms with van der Waals surface area (Å²) < 4.78 is 14.4. The fourth-order valence-electron chi connectivity index (χ4n) is 1.71. The molecule has 1 atom stereocenters. The number of amides is 1. The minimum atomic E-state index is -0.311. The molecule has 1 aromatic carbocycles. The molecular formula is C14H17FN4O. The van der Waals surface area contributed by atoms with Gasteiger partial charge in [-0.05, 0) is 37.3 Å². The summed E-state index contributed by atoms with van der Waals surface area (Å²) >= 11 is 0. The van der Waals surface area contributed by atoms with Crippen LogP contribution >= 0.6 is 0 Å². The third kappa shape index (κ3) is 2.85. The number of rotatable bonds is 4. The summed E-state index contributed by atoms with van der Waals surface area (Å²) in [4.78, 5) is 13.7. The summed E-state index contributed by atoms with van der Waals surface area (Å²) in [6.45, 7) is 2.26. The van der Waals surface area contributed by atoms with Crippen LogP contribution in [0.2, 0.25) is 0 Å². The van der Waals surface area contributed by atoms with Gasteiger partial charge in [-0.2, -0.15) is 5.10 Å². The highest BCUT2D eigenvalue weighted by molar-refractivity contribution is 5.92. The van der Waals surface area contributed by atoms with Gasteiger partial charge in [-0.15, -0.1) is 0 Å². The molecule has 106 valence electrons. The van der Waals surface area contributed by atoms with Crippen molar-refractivity contribution < 1.29 is 9.18 Å². The van der Waals surface area contributed by atoms with E-state index in [1.54, 1.807) is 36.3 Å². The Morgan fingerprint density at radius 2 is 2.05 bits per heavy atom. The van der Waals surface area contributed by atoms with Gasteiger partial charge in [0.25, 0.3) is 5.91 Å². The molecule has 0 saturated carbocycles. The Balaban J connectivity index is 2.20. The van der Waals surface area contributed by atoms with Crippen molar-refractivity contribution >= 4 is 5.91 Å². The van der Waals surface area contributed by atoms with Crippen LogP contribution in [0.1, 0.15) is 17.4 Å². The Labute approximate surface area is 116 Å². The lowest BCUT2D eigenvalue weighted by atomic mass is 10.2. The second-order valence-electron chi connectivity index (χ2n) is 4.62. The number of halogens is 1. The van der Waals surface area contributed by atoms with E-state index in [1.165, 1.54) is 16.8 Å². The number of carbonyl (C=O) groups excluding carboxylic acids is 1. The number of aromatic nitrogens is 2. The zero-order chi connectivity index (χ0) is 14.7. The third-order valence-corrected chi connectivity index (χ3v) is 3.22. The van der Waals surface area contributed by atoms with Gasteiger partial charge in [0.1, 0.15) is 5.82 Å². The van der Waals surface area contributed by atoms with E-state index in [0.717, 1.165) is 0 Å². The first-order chi connectivity index (χ1) is 9.52. The van der Waals surface area contributed by atoms with Crippen molar-refractivity contribution in [3.8, 4) is 5.69 Å². The monoisotopic (exact) mass is 276 g/mol. The van der Waals surface area contributed by atoms with Crippen molar-refractivity contribution in [3.05, 3.63) is 48.0 Å². The third-order valence-electron chi connectivity index (χ3n) is 3.22. The van der Waals surface area contributed by atoms with Crippen LogP contribution < -0.4 is 5.73 Å². The van der Waals surface area contributed by atoms with E-state index in [4.69, 9.17) is 5.73 Å². The maximum absolute atomic E-state index is 12.9. The molecule has 0 aliphatic heterocycles. The molecule has 2 aromatic rings. The van der Waals surface area contributed by atoms with Crippen molar-refractivity contribution in [2.75, 3.05) is 13.6 Å². The predicted octanol–water partition coefficient (Wildman–Crippen LogP) is 1.43. The second kappa shape index (κ2) is 5.83. The van der Waals surface area contributed by atoms with Gasteiger partial charge in [-0.3, -0.25) is 4.79 Å². The van der Waals surface area contributed by atoms with Crippen LogP contribution in [-0.2, 0) is 0 Å². The van der Waals surface area contributed by atoms with Gasteiger partial charge in [-0.1, -0.05) is 0 Å². The van der Waals surface area contributed by atoms with Crippen LogP contribution in [0.15, 0.2) is 36.5 Å². The maximum Gasteiger partial charge on any atom is 0.274 e. The summed E-state index contributed by atoms with van der Waals surface area (Å²) in [5, 5.41) is 4.21. The molecule has 6 heteroatoms. The van der Waals surface area contributed by atoms with E-state index in [1.807, 2.05) is 6.92 Å². The van der Waals surface area contributed by atoms with E-state index in [-0.39, 0.29) is 17.8 Å². The molecule has 1 aromatic heterocycles. The Bertz CT molecular complexity index is 593. The molecular weight excluding hydrogens is 259 g/mol. The van der Waals surface area contributed by atoms with Crippen LogP contribution in [0, 0.1) is 5.82 Å². The fraction of sp³-hybridized carbons (Fsp3) is 0.286. The number of hydrogen-bond donors (Lipinski definition) is 1. The van der Waals surface area contributed by atoms with Gasteiger partial charge < -0.3 is 10.6 Å². The van der Waals surface area contributed by atoms with E-state index in [0.29, 0.717) is 17.9 Å². The molecule has 1 amide bonds. The summed E-state index contributed by atoms with van der Waals surface area (Å²) in [6.07, 6.45) is 1.67. The number of nitrogens with zero attached hydrogens (tertiary/aromatic N) is 3. The number of carbonyl (C=O) groups is 1. The van der Waals surface area contributed by atoms with Crippen LogP contribution in [0.3, 0.4) is 0 Å². The summed E-state index contributed by atoms with van der Waals surface area (Å²) in [5.74, 6) is -0.502. The van der Waals surface area contributed by atoms with Gasteiger partial charge in [-0.25, -0.2) is 9.07 Å². The highest BCUT2D eigenvalue weighted by atomic mass is 19.1. The average molecular weight is 276 g/mol. The molecule has 0 saturated heterocycles. The van der Waals surface area contributed by atoms with Crippen molar-refractivity contribution in [1.82, 2.24) is 14.7 Å². The highest BCUT2D eigenvalue weighted by Gasteiger charge is 2.18. The van der Waals surface area contributed by atoms with Crippen LogP contribution in [-0.4, -0.2) is 40.2 Å². The van der Waals surface area contributed by atoms with Crippen molar-refractivity contribution in [2.45, 2.75) is 13.0 Å². The summed E-state index contributed by atoms with van der Waals surface area (Å²) in [7, 11) is 1.69. The van der Waals surface area contributed by atoms with Crippen LogP contribution in [0.5, 0.6) is 0 Å². The van der Waals surface area contributed by atoms with Gasteiger partial charge in [0, 0.05) is 25.8 Å². The lowest BCUT2D eigenvalue weighted by Gasteiger charge is -2.22. The Hall–Kier alpha value is -2.21. The van der Waals surface area contributed by atoms with E-state index >= 15 is 0 Å². The first-order valence-electron chi connectivity index (χ1n) is 6.31. The van der Waals surface area contributed by atoms with Crippen LogP contribution in [0.25, 0.3) is 5.69 Å². The molecule has 0 aliphatic rings. The van der Waals surface area contributed by atoms with Crippen molar-refractivity contribution in [1.29, 1.82) is 0 Å². The van der Waals surface area contributed by atoms with E-state index in [9.17, 15) is 9.18 Å². The van der Waals surface area contributed by atoms with E-state index < -0.39 is 0 Å². The molecule has 0 spiro atoms. The average Bonchev–Trinajstić information content (AvgIpc) is 2.95. The number of hydrogen-bond acceptors (Lipinski definition) is 3. The standard InChI is InChI=1S/C14H17FN4O/c1-10(9-16)18(2)14(20)13-7-8-19(17-13)12-5-3-11(15)4-6-12/h3-8,10H,9,16H2,1-2H3. The molecule has 1 heterocycles. The fourth-order valence-corrected chi connectivity index (χ4v) is 1.71. The second-order valence-corrected chi connectivity index (χ2v) is 4.62. The van der Waals surface area contributed by atoms with Gasteiger partial charge in [0.2, 0.25) is 0 Å². The molecule has 0 fully saturated rings. The predicted molar refractivity (Wildman–Crippen MR) is 74.1 cm³/mol. The number of nitrogens with two attached hydrogens (primary N) is 1. The minimum Gasteiger partial charge on any atom is -0.336 e. The molecule has 1 unspecified atom stereocenters. The quantitative estimate of drug-likeness (QED) is 0.918. The molecule has 20 heavy (non-hydrogen) atoms. The molecule has 2 rings (SSSR count). The lowest BCUT2D eigenvalue weighted by molar-refractivity contribution is 0.0742. The normalized spacial score (nSPS) is 12.2. The van der Waals surface area contributed by atoms with E-state index in [2.05, 4.69) is 5.10 Å². The molecule has 5 nitrogen and oxygen atoms in total. The topological polar surface area (TPSA) is 64.2 Å². The minimum absolute atomic E-state index is 0.0570. The number of benzene rings is 1. The SMILES string of the molecule is CC(CN)N(C)C(=O)c1ccn(-c2ccc(F)cc2)n1. The molecule has 0 bridgehead atoms. The van der Waals surface area contributed by atoms with Gasteiger partial charge in [0.05, 0.1) is 5.69 Å².